The van der Waals surface area contributed by atoms with Crippen molar-refractivity contribution in [3.05, 3.63) is 11.6 Å². The molecular weight excluding hydrogens is 176 g/mol. The molecule has 3 N–H and O–H groups in total. The molecule has 1 rings (SSSR count). The zero-order valence-corrected chi connectivity index (χ0v) is 7.17. The Labute approximate surface area is 75.3 Å². The third-order valence-electron chi connectivity index (χ3n) is 2.09. The van der Waals surface area contributed by atoms with Crippen molar-refractivity contribution in [2.75, 3.05) is 7.11 Å². The van der Waals surface area contributed by atoms with Crippen LogP contribution in [-0.4, -0.2) is 46.7 Å². The molecule has 74 valence electrons. The number of carbonyl (C=O) groups is 1. The van der Waals surface area contributed by atoms with E-state index in [9.17, 15) is 15.0 Å². The van der Waals surface area contributed by atoms with Crippen LogP contribution < -0.4 is 0 Å². The maximum absolute atomic E-state index is 10.6. The number of rotatable bonds is 2. The fraction of sp³-hybridized carbons (Fsp3) is 0.625. The highest BCUT2D eigenvalue weighted by atomic mass is 16.5. The van der Waals surface area contributed by atoms with E-state index in [-0.39, 0.29) is 12.0 Å². The van der Waals surface area contributed by atoms with Gasteiger partial charge in [-0.25, -0.2) is 4.79 Å². The van der Waals surface area contributed by atoms with Crippen LogP contribution in [0.3, 0.4) is 0 Å². The number of aliphatic hydroxyl groups excluding tert-OH is 2. The fourth-order valence-corrected chi connectivity index (χ4v) is 1.36. The Balaban J connectivity index is 2.89. The van der Waals surface area contributed by atoms with Gasteiger partial charge < -0.3 is 20.1 Å². The molecule has 1 aliphatic carbocycles. The monoisotopic (exact) mass is 188 g/mol. The molecule has 0 unspecified atom stereocenters. The summed E-state index contributed by atoms with van der Waals surface area (Å²) in [5.74, 6) is -1.13. The smallest absolute Gasteiger partial charge is 0.334 e. The van der Waals surface area contributed by atoms with Crippen molar-refractivity contribution in [1.82, 2.24) is 0 Å². The number of carboxylic acids is 1. The maximum atomic E-state index is 10.6. The molecule has 0 bridgehead atoms. The van der Waals surface area contributed by atoms with Crippen molar-refractivity contribution in [2.45, 2.75) is 24.7 Å². The van der Waals surface area contributed by atoms with E-state index in [1.807, 2.05) is 0 Å². The normalized spacial score (nSPS) is 34.1. The van der Waals surface area contributed by atoms with Crippen molar-refractivity contribution >= 4 is 5.97 Å². The van der Waals surface area contributed by atoms with Gasteiger partial charge >= 0.3 is 5.97 Å². The van der Waals surface area contributed by atoms with Gasteiger partial charge in [-0.3, -0.25) is 0 Å². The van der Waals surface area contributed by atoms with E-state index >= 15 is 0 Å². The molecule has 5 heteroatoms. The van der Waals surface area contributed by atoms with Gasteiger partial charge in [-0.15, -0.1) is 0 Å². The molecule has 0 spiro atoms. The van der Waals surface area contributed by atoms with E-state index in [1.165, 1.54) is 13.2 Å². The van der Waals surface area contributed by atoms with Crippen LogP contribution in [0.4, 0.5) is 0 Å². The SMILES string of the molecule is CO[C@H]1C(C(=O)O)=CC[C@H](O)[C@@H]1O. The second kappa shape index (κ2) is 3.87. The summed E-state index contributed by atoms with van der Waals surface area (Å²) in [6.45, 7) is 0. The summed E-state index contributed by atoms with van der Waals surface area (Å²) in [4.78, 5) is 10.6. The zero-order chi connectivity index (χ0) is 10.0. The number of aliphatic hydroxyl groups is 2. The first-order valence-corrected chi connectivity index (χ1v) is 3.90. The predicted molar refractivity (Wildman–Crippen MR) is 43.1 cm³/mol. The molecule has 0 saturated heterocycles. The molecule has 0 aromatic carbocycles. The van der Waals surface area contributed by atoms with Gasteiger partial charge in [-0.1, -0.05) is 6.08 Å². The van der Waals surface area contributed by atoms with Crippen molar-refractivity contribution < 1.29 is 24.9 Å². The second-order valence-corrected chi connectivity index (χ2v) is 2.91. The first-order chi connectivity index (χ1) is 6.07. The van der Waals surface area contributed by atoms with Crippen LogP contribution in [0.5, 0.6) is 0 Å². The predicted octanol–water partition coefficient (Wildman–Crippen LogP) is -0.862. The standard InChI is InChI=1S/C8H12O5/c1-13-7-4(8(11)12)2-3-5(9)6(7)10/h2,5-7,9-10H,3H2,1H3,(H,11,12)/t5-,6-,7-/m0/s1. The molecule has 0 aromatic rings. The first kappa shape index (κ1) is 10.2. The average molecular weight is 188 g/mol. The molecule has 0 aromatic heterocycles. The molecular formula is C8H12O5. The summed E-state index contributed by atoms with van der Waals surface area (Å²) >= 11 is 0. The Morgan fingerprint density at radius 1 is 1.62 bits per heavy atom. The van der Waals surface area contributed by atoms with Crippen LogP contribution in [0.25, 0.3) is 0 Å². The molecule has 0 fully saturated rings. The van der Waals surface area contributed by atoms with Gasteiger partial charge in [0.25, 0.3) is 0 Å². The van der Waals surface area contributed by atoms with Gasteiger partial charge in [0.15, 0.2) is 0 Å². The number of aliphatic carboxylic acids is 1. The van der Waals surface area contributed by atoms with E-state index in [0.29, 0.717) is 0 Å². The minimum absolute atomic E-state index is 0.000278. The van der Waals surface area contributed by atoms with Crippen molar-refractivity contribution in [1.29, 1.82) is 0 Å². The van der Waals surface area contributed by atoms with Crippen LogP contribution in [0.1, 0.15) is 6.42 Å². The lowest BCUT2D eigenvalue weighted by Crippen LogP contribution is -2.44. The van der Waals surface area contributed by atoms with Gasteiger partial charge in [0.1, 0.15) is 12.2 Å². The molecule has 1 aliphatic rings. The molecule has 3 atom stereocenters. The highest BCUT2D eigenvalue weighted by Gasteiger charge is 2.35. The van der Waals surface area contributed by atoms with Crippen LogP contribution in [0.15, 0.2) is 11.6 Å². The molecule has 0 radical (unpaired) electrons. The second-order valence-electron chi connectivity index (χ2n) is 2.91. The van der Waals surface area contributed by atoms with E-state index in [1.54, 1.807) is 0 Å². The minimum atomic E-state index is -1.17. The lowest BCUT2D eigenvalue weighted by atomic mass is 9.91. The number of carboxylic acid groups (broad SMARTS) is 1. The van der Waals surface area contributed by atoms with Crippen molar-refractivity contribution in [3.8, 4) is 0 Å². The lowest BCUT2D eigenvalue weighted by Gasteiger charge is -2.29. The third kappa shape index (κ3) is 1.88. The van der Waals surface area contributed by atoms with Gasteiger partial charge in [0.2, 0.25) is 0 Å². The Hall–Kier alpha value is -0.910. The first-order valence-electron chi connectivity index (χ1n) is 3.90. The Morgan fingerprint density at radius 3 is 2.69 bits per heavy atom. The fourth-order valence-electron chi connectivity index (χ4n) is 1.36. The average Bonchev–Trinajstić information content (AvgIpc) is 2.09. The molecule has 5 nitrogen and oxygen atoms in total. The van der Waals surface area contributed by atoms with E-state index in [0.717, 1.165) is 0 Å². The molecule has 0 saturated carbocycles. The minimum Gasteiger partial charge on any atom is -0.478 e. The largest absolute Gasteiger partial charge is 0.478 e. The van der Waals surface area contributed by atoms with Crippen LogP contribution in [0.2, 0.25) is 0 Å². The summed E-state index contributed by atoms with van der Waals surface area (Å²) in [6.07, 6.45) is -1.55. The third-order valence-corrected chi connectivity index (χ3v) is 2.09. The van der Waals surface area contributed by atoms with E-state index in [4.69, 9.17) is 9.84 Å². The molecule has 0 amide bonds. The van der Waals surface area contributed by atoms with Crippen LogP contribution in [-0.2, 0) is 9.53 Å². The summed E-state index contributed by atoms with van der Waals surface area (Å²) in [5.41, 5.74) is 0.000278. The highest BCUT2D eigenvalue weighted by Crippen LogP contribution is 2.22. The molecule has 0 heterocycles. The maximum Gasteiger partial charge on any atom is 0.334 e. The van der Waals surface area contributed by atoms with Crippen molar-refractivity contribution in [2.24, 2.45) is 0 Å². The van der Waals surface area contributed by atoms with Crippen LogP contribution in [0, 0.1) is 0 Å². The molecule has 0 aliphatic heterocycles. The van der Waals surface area contributed by atoms with Gasteiger partial charge in [-0.2, -0.15) is 0 Å². The van der Waals surface area contributed by atoms with Gasteiger partial charge in [0, 0.05) is 7.11 Å². The van der Waals surface area contributed by atoms with Crippen molar-refractivity contribution in [3.63, 3.8) is 0 Å². The number of ether oxygens (including phenoxy) is 1. The Bertz CT molecular complexity index is 235. The van der Waals surface area contributed by atoms with E-state index < -0.39 is 24.3 Å². The summed E-state index contributed by atoms with van der Waals surface area (Å²) < 4.78 is 4.79. The number of hydrogen-bond acceptors (Lipinski definition) is 4. The van der Waals surface area contributed by atoms with Gasteiger partial charge in [0.05, 0.1) is 11.7 Å². The Morgan fingerprint density at radius 2 is 2.23 bits per heavy atom. The number of hydrogen-bond donors (Lipinski definition) is 3. The summed E-state index contributed by atoms with van der Waals surface area (Å²) in [7, 11) is 1.29. The van der Waals surface area contributed by atoms with Gasteiger partial charge in [-0.05, 0) is 6.42 Å². The summed E-state index contributed by atoms with van der Waals surface area (Å²) in [6, 6.07) is 0. The number of methoxy groups -OCH3 is 1. The zero-order valence-electron chi connectivity index (χ0n) is 7.17. The Kier molecular flexibility index (Phi) is 3.02. The topological polar surface area (TPSA) is 87.0 Å². The lowest BCUT2D eigenvalue weighted by molar-refractivity contribution is -0.137. The quantitative estimate of drug-likeness (QED) is 0.524. The van der Waals surface area contributed by atoms with Crippen LogP contribution >= 0.6 is 0 Å². The molecule has 13 heavy (non-hydrogen) atoms. The highest BCUT2D eigenvalue weighted by molar-refractivity contribution is 5.88. The van der Waals surface area contributed by atoms with E-state index in [2.05, 4.69) is 0 Å². The summed E-state index contributed by atoms with van der Waals surface area (Å²) in [5, 5.41) is 27.3.